The fourth-order valence-corrected chi connectivity index (χ4v) is 8.00. The normalized spacial score (nSPS) is 19.0. The first-order valence-electron chi connectivity index (χ1n) is 13.9. The van der Waals surface area contributed by atoms with Crippen molar-refractivity contribution in [3.8, 4) is 0 Å². The summed E-state index contributed by atoms with van der Waals surface area (Å²) in [7, 11) is 0. The van der Waals surface area contributed by atoms with Crippen LogP contribution < -0.4 is 5.11 Å². The summed E-state index contributed by atoms with van der Waals surface area (Å²) in [5.41, 5.74) is 2.88. The molecule has 38 heavy (non-hydrogen) atoms. The minimum atomic E-state index is -0.138. The van der Waals surface area contributed by atoms with Gasteiger partial charge in [-0.3, -0.25) is 4.79 Å². The van der Waals surface area contributed by atoms with E-state index in [2.05, 4.69) is 93.5 Å². The van der Waals surface area contributed by atoms with Gasteiger partial charge in [0.05, 0.1) is 0 Å². The summed E-state index contributed by atoms with van der Waals surface area (Å²) >= 11 is 3.70. The largest absolute Gasteiger partial charge is 0.871 e. The molecule has 1 aliphatic heterocycles. The highest BCUT2D eigenvalue weighted by atomic mass is 32.2. The molecular weight excluding hydrogens is 505 g/mol. The van der Waals surface area contributed by atoms with Gasteiger partial charge in [0.15, 0.2) is 5.78 Å². The number of allylic oxidation sites excluding steroid dienone is 8. The van der Waals surface area contributed by atoms with Crippen molar-refractivity contribution in [3.05, 3.63) is 78.0 Å². The molecule has 2 heterocycles. The number of carbonyl (C=O) groups excluding carboxylic acids is 1. The Morgan fingerprint density at radius 2 is 1.42 bits per heavy atom. The van der Waals surface area contributed by atoms with Gasteiger partial charge in [0, 0.05) is 36.1 Å². The predicted molar refractivity (Wildman–Crippen MR) is 166 cm³/mol. The molecular formula is C34H46O2S2. The van der Waals surface area contributed by atoms with Gasteiger partial charge in [-0.1, -0.05) is 86.8 Å². The molecule has 1 aromatic rings. The van der Waals surface area contributed by atoms with Crippen LogP contribution in [0.4, 0.5) is 0 Å². The highest BCUT2D eigenvalue weighted by Crippen LogP contribution is 2.42. The molecule has 1 aromatic heterocycles. The Bertz CT molecular complexity index is 1220. The van der Waals surface area contributed by atoms with Gasteiger partial charge in [-0.25, -0.2) is 0 Å². The number of ketones is 1. The average Bonchev–Trinajstić information content (AvgIpc) is 2.72. The maximum atomic E-state index is 13.2. The Morgan fingerprint density at radius 3 is 1.97 bits per heavy atom. The van der Waals surface area contributed by atoms with E-state index in [4.69, 9.17) is 0 Å². The fourth-order valence-electron chi connectivity index (χ4n) is 4.70. The van der Waals surface area contributed by atoms with Crippen molar-refractivity contribution in [2.75, 3.05) is 0 Å². The van der Waals surface area contributed by atoms with Crippen molar-refractivity contribution >= 4 is 35.0 Å². The van der Waals surface area contributed by atoms with Crippen molar-refractivity contribution < 1.29 is 9.90 Å². The number of hydrogen-bond acceptors (Lipinski definition) is 3. The van der Waals surface area contributed by atoms with Crippen molar-refractivity contribution in [2.24, 2.45) is 22.7 Å². The number of rotatable bonds is 8. The first kappa shape index (κ1) is 30.6. The molecule has 4 heteroatoms. The molecule has 0 bridgehead atoms. The molecule has 0 aromatic carbocycles. The molecule has 2 nitrogen and oxygen atoms in total. The van der Waals surface area contributed by atoms with Crippen molar-refractivity contribution in [2.45, 2.75) is 94.9 Å². The van der Waals surface area contributed by atoms with Gasteiger partial charge in [-0.15, -0.1) is 0 Å². The summed E-state index contributed by atoms with van der Waals surface area (Å²) < 4.78 is 0. The van der Waals surface area contributed by atoms with Crippen LogP contribution in [-0.2, 0) is 17.6 Å². The third-order valence-electron chi connectivity index (χ3n) is 6.06. The minimum Gasteiger partial charge on any atom is -0.871 e. The molecule has 0 radical (unpaired) electrons. The highest BCUT2D eigenvalue weighted by molar-refractivity contribution is 8.06. The van der Waals surface area contributed by atoms with Crippen molar-refractivity contribution in [1.29, 1.82) is 0 Å². The van der Waals surface area contributed by atoms with Gasteiger partial charge in [0.25, 0.3) is 0 Å². The molecule has 0 saturated heterocycles. The summed E-state index contributed by atoms with van der Waals surface area (Å²) in [4.78, 5) is 18.4. The van der Waals surface area contributed by atoms with Crippen molar-refractivity contribution in [3.63, 3.8) is 0 Å². The Labute approximate surface area is 239 Å². The summed E-state index contributed by atoms with van der Waals surface area (Å²) in [6, 6.07) is 4.31. The van der Waals surface area contributed by atoms with E-state index in [9.17, 15) is 9.90 Å². The molecule has 206 valence electrons. The predicted octanol–water partition coefficient (Wildman–Crippen LogP) is 9.32. The number of Topliss-reactive ketones (excluding diaryl/α,β-unsaturated/α-hetero) is 1. The highest BCUT2D eigenvalue weighted by Gasteiger charge is 2.28. The second kappa shape index (κ2) is 12.1. The summed E-state index contributed by atoms with van der Waals surface area (Å²) in [5, 5.41) is 13.2. The second-order valence-electron chi connectivity index (χ2n) is 14.1. The maximum Gasteiger partial charge on any atom is 0.218 e. The molecule has 3 rings (SSSR count). The standard InChI is InChI=1S/C34H46O2S2/c1-21(2)11-25-13-23(15-27(37-25)19-33(5,6)7)17-29-31(35)30(32(29)36)18-24-14-26(12-22(3)4)38-28(16-24)20-34(8,9)10/h13-18,21-22H,11-12,19-20H2,1-10H3. The summed E-state index contributed by atoms with van der Waals surface area (Å²) in [5.74, 6) is 0.823. The van der Waals surface area contributed by atoms with Crippen LogP contribution in [0.5, 0.6) is 0 Å². The Hall–Kier alpha value is -1.91. The molecule has 0 unspecified atom stereocenters. The molecule has 0 saturated carbocycles. The number of carbonyl (C=O) groups is 1. The lowest BCUT2D eigenvalue weighted by Gasteiger charge is -2.29. The van der Waals surface area contributed by atoms with Gasteiger partial charge >= 0.3 is 0 Å². The van der Waals surface area contributed by atoms with Crippen LogP contribution in [0.1, 0.15) is 97.4 Å². The molecule has 0 amide bonds. The molecule has 0 atom stereocenters. The van der Waals surface area contributed by atoms with Gasteiger partial charge in [0.1, 0.15) is 0 Å². The van der Waals surface area contributed by atoms with Crippen LogP contribution in [0.2, 0.25) is 0 Å². The summed E-state index contributed by atoms with van der Waals surface area (Å²) in [6.07, 6.45) is 11.9. The van der Waals surface area contributed by atoms with E-state index in [1.807, 2.05) is 35.3 Å². The van der Waals surface area contributed by atoms with Gasteiger partial charge in [-0.05, 0) is 80.8 Å². The van der Waals surface area contributed by atoms with E-state index in [0.29, 0.717) is 23.0 Å². The van der Waals surface area contributed by atoms with E-state index >= 15 is 0 Å². The Kier molecular flexibility index (Phi) is 9.74. The van der Waals surface area contributed by atoms with E-state index in [1.165, 1.54) is 19.6 Å². The van der Waals surface area contributed by atoms with E-state index in [0.717, 1.165) is 36.8 Å². The molecule has 2 aliphatic rings. The zero-order chi connectivity index (χ0) is 28.4. The average molecular weight is 551 g/mol. The number of hydrogen-bond donors (Lipinski definition) is 0. The number of thioether (sulfide) groups is 1. The lowest BCUT2D eigenvalue weighted by atomic mass is 9.85. The third-order valence-corrected chi connectivity index (χ3v) is 8.21. The van der Waals surface area contributed by atoms with Crippen LogP contribution in [0, 0.1) is 22.7 Å². The Balaban J connectivity index is 1.96. The van der Waals surface area contributed by atoms with Crippen molar-refractivity contribution in [1.82, 2.24) is 0 Å². The molecule has 0 fully saturated rings. The van der Waals surface area contributed by atoms with Crippen LogP contribution >= 0.6 is 23.1 Å². The zero-order valence-corrected chi connectivity index (χ0v) is 26.7. The quantitative estimate of drug-likeness (QED) is 0.239. The van der Waals surface area contributed by atoms with Gasteiger partial charge in [-0.2, -0.15) is 0 Å². The Morgan fingerprint density at radius 1 is 0.842 bits per heavy atom. The van der Waals surface area contributed by atoms with E-state index < -0.39 is 0 Å². The monoisotopic (exact) mass is 550 g/mol. The maximum absolute atomic E-state index is 13.2. The van der Waals surface area contributed by atoms with Crippen LogP contribution in [-0.4, -0.2) is 5.78 Å². The topological polar surface area (TPSA) is 40.1 Å². The third kappa shape index (κ3) is 9.09. The zero-order valence-electron chi connectivity index (χ0n) is 25.1. The van der Waals surface area contributed by atoms with Gasteiger partial charge < -0.3 is 5.11 Å². The fraction of sp³-hybridized carbons (Fsp3) is 0.529. The van der Waals surface area contributed by atoms with E-state index in [1.54, 1.807) is 0 Å². The minimum absolute atomic E-state index is 0.138. The van der Waals surface area contributed by atoms with Gasteiger partial charge in [0.2, 0.25) is 21.1 Å². The lowest BCUT2D eigenvalue weighted by Crippen LogP contribution is -2.29. The first-order valence-corrected chi connectivity index (χ1v) is 15.6. The summed E-state index contributed by atoms with van der Waals surface area (Å²) in [6.45, 7) is 22.4. The van der Waals surface area contributed by atoms with Crippen LogP contribution in [0.25, 0.3) is 6.08 Å². The SMILES string of the molecule is CC(C)CC1=CC(=CC2=C([O-])C(=Cc3cc(CC(C)C)[s+]c(CC(C)(C)C)c3)C2=O)C=C(CC(C)(C)C)S1. The lowest BCUT2D eigenvalue weighted by molar-refractivity contribution is -0.300. The molecule has 1 aliphatic carbocycles. The first-order chi connectivity index (χ1) is 17.5. The smallest absolute Gasteiger partial charge is 0.218 e. The van der Waals surface area contributed by atoms with Crippen LogP contribution in [0.3, 0.4) is 0 Å². The van der Waals surface area contributed by atoms with Crippen LogP contribution in [0.15, 0.2) is 62.6 Å². The molecule has 0 N–H and O–H groups in total. The molecule has 0 spiro atoms. The second-order valence-corrected chi connectivity index (χ2v) is 16.6. The van der Waals surface area contributed by atoms with E-state index in [-0.39, 0.29) is 22.4 Å².